The quantitative estimate of drug-likeness (QED) is 0.660. The van der Waals surface area contributed by atoms with Crippen LogP contribution in [0.3, 0.4) is 0 Å². The lowest BCUT2D eigenvalue weighted by Crippen LogP contribution is -2.28. The van der Waals surface area contributed by atoms with Crippen LogP contribution in [-0.2, 0) is 13.0 Å². The molecule has 3 nitrogen and oxygen atoms in total. The van der Waals surface area contributed by atoms with Gasteiger partial charge in [-0.15, -0.1) is 0 Å². The Morgan fingerprint density at radius 1 is 0.783 bits per heavy atom. The Morgan fingerprint density at radius 2 is 1.48 bits per heavy atom. The molecule has 2 rings (SSSR count). The second-order valence-electron chi connectivity index (χ2n) is 5.97. The molecule has 0 heterocycles. The molecule has 23 heavy (non-hydrogen) atoms. The molecule has 0 radical (unpaired) electrons. The van der Waals surface area contributed by atoms with Crippen LogP contribution in [0.15, 0.2) is 54.6 Å². The Labute approximate surface area is 140 Å². The molecule has 0 unspecified atom stereocenters. The van der Waals surface area contributed by atoms with Crippen LogP contribution in [0, 0.1) is 0 Å². The maximum Gasteiger partial charge on any atom is 0.119 e. The van der Waals surface area contributed by atoms with Crippen molar-refractivity contribution >= 4 is 0 Å². The van der Waals surface area contributed by atoms with Gasteiger partial charge in [-0.3, -0.25) is 0 Å². The zero-order valence-corrected chi connectivity index (χ0v) is 14.2. The second kappa shape index (κ2) is 10.0. The van der Waals surface area contributed by atoms with E-state index in [2.05, 4.69) is 53.1 Å². The molecule has 2 aromatic carbocycles. The van der Waals surface area contributed by atoms with Crippen LogP contribution >= 0.6 is 0 Å². The van der Waals surface area contributed by atoms with Crippen molar-refractivity contribution in [3.05, 3.63) is 65.7 Å². The van der Waals surface area contributed by atoms with Crippen LogP contribution in [0.1, 0.15) is 25.0 Å². The molecular weight excluding hydrogens is 284 g/mol. The van der Waals surface area contributed by atoms with Crippen molar-refractivity contribution in [2.24, 2.45) is 0 Å². The van der Waals surface area contributed by atoms with Gasteiger partial charge in [0.2, 0.25) is 0 Å². The second-order valence-corrected chi connectivity index (χ2v) is 5.97. The van der Waals surface area contributed by atoms with Gasteiger partial charge < -0.3 is 15.4 Å². The minimum Gasteiger partial charge on any atom is -0.491 e. The molecule has 0 aliphatic heterocycles. The van der Waals surface area contributed by atoms with Crippen LogP contribution in [0.5, 0.6) is 5.75 Å². The Bertz CT molecular complexity index is 537. The summed E-state index contributed by atoms with van der Waals surface area (Å²) in [6.07, 6.45) is 1.30. The Morgan fingerprint density at radius 3 is 2.17 bits per heavy atom. The molecule has 0 spiro atoms. The van der Waals surface area contributed by atoms with Gasteiger partial charge in [-0.2, -0.15) is 0 Å². The van der Waals surface area contributed by atoms with Gasteiger partial charge >= 0.3 is 0 Å². The van der Waals surface area contributed by atoms with Crippen molar-refractivity contribution in [3.8, 4) is 5.75 Å². The fourth-order valence-corrected chi connectivity index (χ4v) is 2.37. The molecule has 0 saturated carbocycles. The van der Waals surface area contributed by atoms with Crippen molar-refractivity contribution in [3.63, 3.8) is 0 Å². The number of nitrogens with one attached hydrogen (secondary N) is 2. The molecule has 2 N–H and O–H groups in total. The van der Waals surface area contributed by atoms with Gasteiger partial charge in [-0.25, -0.2) is 0 Å². The highest BCUT2D eigenvalue weighted by molar-refractivity contribution is 5.27. The SMILES string of the molecule is CC(C)Oc1ccc(CNCCNCCc2ccccc2)cc1. The van der Waals surface area contributed by atoms with Crippen molar-refractivity contribution < 1.29 is 4.74 Å². The van der Waals surface area contributed by atoms with E-state index in [4.69, 9.17) is 4.74 Å². The summed E-state index contributed by atoms with van der Waals surface area (Å²) in [5.41, 5.74) is 2.67. The van der Waals surface area contributed by atoms with E-state index in [0.717, 1.165) is 38.3 Å². The summed E-state index contributed by atoms with van der Waals surface area (Å²) >= 11 is 0. The fraction of sp³-hybridized carbons (Fsp3) is 0.400. The third-order valence-electron chi connectivity index (χ3n) is 3.54. The van der Waals surface area contributed by atoms with E-state index in [-0.39, 0.29) is 6.10 Å². The molecule has 0 fully saturated rings. The Kier molecular flexibility index (Phi) is 7.64. The largest absolute Gasteiger partial charge is 0.491 e. The van der Waals surface area contributed by atoms with E-state index in [1.807, 2.05) is 26.0 Å². The first kappa shape index (κ1) is 17.5. The molecule has 0 saturated heterocycles. The van der Waals surface area contributed by atoms with E-state index in [1.54, 1.807) is 0 Å². The molecule has 0 aliphatic carbocycles. The fourth-order valence-electron chi connectivity index (χ4n) is 2.37. The summed E-state index contributed by atoms with van der Waals surface area (Å²) in [6, 6.07) is 18.9. The minimum atomic E-state index is 0.223. The van der Waals surface area contributed by atoms with Crippen LogP contribution in [0.25, 0.3) is 0 Å². The average molecular weight is 312 g/mol. The van der Waals surface area contributed by atoms with Gasteiger partial charge in [0.1, 0.15) is 5.75 Å². The smallest absolute Gasteiger partial charge is 0.119 e. The third kappa shape index (κ3) is 7.31. The van der Waals surface area contributed by atoms with Crippen LogP contribution < -0.4 is 15.4 Å². The predicted molar refractivity (Wildman–Crippen MR) is 96.9 cm³/mol. The highest BCUT2D eigenvalue weighted by Gasteiger charge is 1.98. The first-order chi connectivity index (χ1) is 11.2. The maximum absolute atomic E-state index is 5.65. The molecule has 124 valence electrons. The standard InChI is InChI=1S/C20H28N2O/c1-17(2)23-20-10-8-19(9-11-20)16-22-15-14-21-13-12-18-6-4-3-5-7-18/h3-11,17,21-22H,12-16H2,1-2H3. The molecular formula is C20H28N2O. The number of hydrogen-bond acceptors (Lipinski definition) is 3. The topological polar surface area (TPSA) is 33.3 Å². The van der Waals surface area contributed by atoms with E-state index < -0.39 is 0 Å². The van der Waals surface area contributed by atoms with E-state index in [0.29, 0.717) is 0 Å². The normalized spacial score (nSPS) is 10.9. The van der Waals surface area contributed by atoms with E-state index >= 15 is 0 Å². The van der Waals surface area contributed by atoms with Gasteiger partial charge in [0.15, 0.2) is 0 Å². The van der Waals surface area contributed by atoms with Gasteiger partial charge in [0, 0.05) is 19.6 Å². The maximum atomic E-state index is 5.65. The average Bonchev–Trinajstić information content (AvgIpc) is 2.56. The van der Waals surface area contributed by atoms with Gasteiger partial charge in [0.25, 0.3) is 0 Å². The first-order valence-electron chi connectivity index (χ1n) is 8.45. The lowest BCUT2D eigenvalue weighted by molar-refractivity contribution is 0.242. The van der Waals surface area contributed by atoms with Crippen LogP contribution in [-0.4, -0.2) is 25.7 Å². The van der Waals surface area contributed by atoms with Crippen molar-refractivity contribution in [1.82, 2.24) is 10.6 Å². The highest BCUT2D eigenvalue weighted by Crippen LogP contribution is 2.13. The molecule has 0 bridgehead atoms. The Hall–Kier alpha value is -1.84. The number of ether oxygens (including phenoxy) is 1. The summed E-state index contributed by atoms with van der Waals surface area (Å²) < 4.78 is 5.65. The van der Waals surface area contributed by atoms with Gasteiger partial charge in [-0.1, -0.05) is 42.5 Å². The van der Waals surface area contributed by atoms with E-state index in [1.165, 1.54) is 11.1 Å². The van der Waals surface area contributed by atoms with Crippen molar-refractivity contribution in [2.75, 3.05) is 19.6 Å². The summed E-state index contributed by atoms with van der Waals surface area (Å²) in [5.74, 6) is 0.936. The Balaban J connectivity index is 1.53. The number of benzene rings is 2. The van der Waals surface area contributed by atoms with Crippen LogP contribution in [0.4, 0.5) is 0 Å². The first-order valence-corrected chi connectivity index (χ1v) is 8.45. The monoisotopic (exact) mass is 312 g/mol. The lowest BCUT2D eigenvalue weighted by atomic mass is 10.1. The zero-order chi connectivity index (χ0) is 16.3. The van der Waals surface area contributed by atoms with E-state index in [9.17, 15) is 0 Å². The molecule has 3 heteroatoms. The minimum absolute atomic E-state index is 0.223. The molecule has 2 aromatic rings. The summed E-state index contributed by atoms with van der Waals surface area (Å²) in [4.78, 5) is 0. The predicted octanol–water partition coefficient (Wildman–Crippen LogP) is 3.40. The molecule has 0 aromatic heterocycles. The third-order valence-corrected chi connectivity index (χ3v) is 3.54. The molecule has 0 amide bonds. The summed E-state index contributed by atoms with van der Waals surface area (Å²) in [5, 5.41) is 6.93. The molecule has 0 aliphatic rings. The van der Waals surface area contributed by atoms with Crippen molar-refractivity contribution in [1.29, 1.82) is 0 Å². The lowest BCUT2D eigenvalue weighted by Gasteiger charge is -2.10. The number of rotatable bonds is 10. The van der Waals surface area contributed by atoms with Crippen LogP contribution in [0.2, 0.25) is 0 Å². The number of hydrogen-bond donors (Lipinski definition) is 2. The van der Waals surface area contributed by atoms with Gasteiger partial charge in [-0.05, 0) is 50.1 Å². The summed E-state index contributed by atoms with van der Waals surface area (Å²) in [6.45, 7) is 7.95. The zero-order valence-electron chi connectivity index (χ0n) is 14.2. The highest BCUT2D eigenvalue weighted by atomic mass is 16.5. The molecule has 0 atom stereocenters. The van der Waals surface area contributed by atoms with Gasteiger partial charge in [0.05, 0.1) is 6.10 Å². The summed E-state index contributed by atoms with van der Waals surface area (Å²) in [7, 11) is 0. The van der Waals surface area contributed by atoms with Crippen molar-refractivity contribution in [2.45, 2.75) is 32.9 Å².